The summed E-state index contributed by atoms with van der Waals surface area (Å²) < 4.78 is 32.6. The van der Waals surface area contributed by atoms with Gasteiger partial charge < -0.3 is 4.42 Å². The third kappa shape index (κ3) is 4.62. The molecule has 0 aliphatic heterocycles. The highest BCUT2D eigenvalue weighted by molar-refractivity contribution is 6.15. The van der Waals surface area contributed by atoms with Gasteiger partial charge in [0.15, 0.2) is 5.58 Å². The smallest absolute Gasteiger partial charge is 0.154 e. The maximum atomic E-state index is 7.87. The van der Waals surface area contributed by atoms with E-state index in [1.165, 1.54) is 0 Å². The van der Waals surface area contributed by atoms with Crippen LogP contribution in [0.5, 0.6) is 0 Å². The summed E-state index contributed by atoms with van der Waals surface area (Å²) in [5.41, 5.74) is 12.0. The van der Waals surface area contributed by atoms with Crippen molar-refractivity contribution in [3.05, 3.63) is 163 Å². The molecule has 0 N–H and O–H groups in total. The van der Waals surface area contributed by atoms with Crippen LogP contribution < -0.4 is 0 Å². The Morgan fingerprint density at radius 1 is 0.596 bits per heavy atom. The first-order valence-electron chi connectivity index (χ1n) is 17.1. The normalized spacial score (nSPS) is 12.7. The Bertz CT molecular complexity index is 2660. The standard InChI is InChI=1S/C43H29N3O/c1-28-16-18-32(19-17-28)35-24-25-36(42-40(35)41-39(47-42)26-33(27-44-41)30-12-6-3-7-13-30)43-45-37-14-8-9-15-38(37)46(43)34-22-20-31(21-23-34)29-10-4-2-5-11-29/h2-27H,1H3/i1D3. The number of pyridine rings is 1. The minimum atomic E-state index is -2.19. The second kappa shape index (κ2) is 11.0. The molecule has 6 aromatic carbocycles. The lowest BCUT2D eigenvalue weighted by atomic mass is 9.97. The van der Waals surface area contributed by atoms with E-state index in [2.05, 4.69) is 65.2 Å². The number of aromatic nitrogens is 3. The van der Waals surface area contributed by atoms with Gasteiger partial charge in [0.2, 0.25) is 0 Å². The molecule has 0 radical (unpaired) electrons. The van der Waals surface area contributed by atoms with Gasteiger partial charge in [-0.05, 0) is 71.1 Å². The molecule has 0 amide bonds. The summed E-state index contributed by atoms with van der Waals surface area (Å²) in [5.74, 6) is 0.746. The van der Waals surface area contributed by atoms with Gasteiger partial charge in [-0.3, -0.25) is 9.55 Å². The second-order valence-electron chi connectivity index (χ2n) is 11.7. The Labute approximate surface area is 276 Å². The zero-order chi connectivity index (χ0) is 33.8. The lowest BCUT2D eigenvalue weighted by Gasteiger charge is -2.12. The van der Waals surface area contributed by atoms with Gasteiger partial charge in [0.05, 0.1) is 22.0 Å². The number of rotatable bonds is 5. The maximum absolute atomic E-state index is 7.87. The van der Waals surface area contributed by atoms with Gasteiger partial charge >= 0.3 is 0 Å². The van der Waals surface area contributed by atoms with Gasteiger partial charge in [-0.25, -0.2) is 4.98 Å². The first-order chi connectivity index (χ1) is 24.4. The molecule has 0 unspecified atom stereocenters. The molecule has 47 heavy (non-hydrogen) atoms. The number of hydrogen-bond acceptors (Lipinski definition) is 3. The highest BCUT2D eigenvalue weighted by Gasteiger charge is 2.23. The highest BCUT2D eigenvalue weighted by Crippen LogP contribution is 2.43. The van der Waals surface area contributed by atoms with Crippen LogP contribution in [0.15, 0.2) is 162 Å². The number of aryl methyl sites for hydroxylation is 1. The molecule has 9 rings (SSSR count). The molecule has 4 nitrogen and oxygen atoms in total. The fourth-order valence-corrected chi connectivity index (χ4v) is 6.50. The third-order valence-corrected chi connectivity index (χ3v) is 8.80. The van der Waals surface area contributed by atoms with Crippen molar-refractivity contribution < 1.29 is 8.53 Å². The highest BCUT2D eigenvalue weighted by atomic mass is 16.3. The van der Waals surface area contributed by atoms with Gasteiger partial charge in [-0.2, -0.15) is 0 Å². The summed E-state index contributed by atoms with van der Waals surface area (Å²) in [4.78, 5) is 10.2. The van der Waals surface area contributed by atoms with E-state index in [0.29, 0.717) is 16.7 Å². The lowest BCUT2D eigenvalue weighted by molar-refractivity contribution is 0.669. The average molecular weight is 607 g/mol. The van der Waals surface area contributed by atoms with E-state index in [9.17, 15) is 0 Å². The van der Waals surface area contributed by atoms with Crippen molar-refractivity contribution >= 4 is 33.1 Å². The van der Waals surface area contributed by atoms with Crippen molar-refractivity contribution in [2.45, 2.75) is 6.85 Å². The number of fused-ring (bicyclic) bond motifs is 4. The third-order valence-electron chi connectivity index (χ3n) is 8.80. The predicted octanol–water partition coefficient (Wildman–Crippen LogP) is 11.3. The zero-order valence-electron chi connectivity index (χ0n) is 28.3. The topological polar surface area (TPSA) is 43.9 Å². The van der Waals surface area contributed by atoms with E-state index < -0.39 is 6.85 Å². The van der Waals surface area contributed by atoms with Crippen LogP contribution in [0.2, 0.25) is 0 Å². The van der Waals surface area contributed by atoms with E-state index in [1.54, 1.807) is 12.1 Å². The summed E-state index contributed by atoms with van der Waals surface area (Å²) in [6.45, 7) is -2.19. The zero-order valence-corrected chi connectivity index (χ0v) is 25.3. The fourth-order valence-electron chi connectivity index (χ4n) is 6.50. The monoisotopic (exact) mass is 606 g/mol. The van der Waals surface area contributed by atoms with Crippen molar-refractivity contribution in [1.29, 1.82) is 0 Å². The van der Waals surface area contributed by atoms with E-state index in [0.717, 1.165) is 72.4 Å². The van der Waals surface area contributed by atoms with E-state index >= 15 is 0 Å². The van der Waals surface area contributed by atoms with Crippen molar-refractivity contribution in [2.24, 2.45) is 0 Å². The minimum absolute atomic E-state index is 0.295. The van der Waals surface area contributed by atoms with Crippen LogP contribution in [0, 0.1) is 6.85 Å². The summed E-state index contributed by atoms with van der Waals surface area (Å²) in [5, 5.41) is 0.844. The molecular formula is C43H29N3O. The second-order valence-corrected chi connectivity index (χ2v) is 11.7. The summed E-state index contributed by atoms with van der Waals surface area (Å²) in [7, 11) is 0. The van der Waals surface area contributed by atoms with Crippen molar-refractivity contribution in [2.75, 3.05) is 0 Å². The Morgan fingerprint density at radius 2 is 1.23 bits per heavy atom. The van der Waals surface area contributed by atoms with Crippen LogP contribution in [-0.2, 0) is 0 Å². The first-order valence-corrected chi connectivity index (χ1v) is 15.6. The van der Waals surface area contributed by atoms with Crippen LogP contribution in [-0.4, -0.2) is 14.5 Å². The van der Waals surface area contributed by atoms with E-state index in [-0.39, 0.29) is 0 Å². The van der Waals surface area contributed by atoms with Crippen LogP contribution in [0.25, 0.3) is 83.6 Å². The van der Waals surface area contributed by atoms with Crippen LogP contribution in [0.3, 0.4) is 0 Å². The predicted molar refractivity (Wildman–Crippen MR) is 193 cm³/mol. The fraction of sp³-hybridized carbons (Fsp3) is 0.0233. The quantitative estimate of drug-likeness (QED) is 0.196. The molecule has 0 fully saturated rings. The molecule has 4 heteroatoms. The summed E-state index contributed by atoms with van der Waals surface area (Å²) >= 11 is 0. The maximum Gasteiger partial charge on any atom is 0.154 e. The number of imidazole rings is 1. The van der Waals surface area contributed by atoms with Crippen LogP contribution in [0.1, 0.15) is 9.68 Å². The molecule has 0 aliphatic rings. The number of nitrogens with zero attached hydrogens (tertiary/aromatic N) is 3. The number of hydrogen-bond donors (Lipinski definition) is 0. The Morgan fingerprint density at radius 3 is 1.98 bits per heavy atom. The largest absolute Gasteiger partial charge is 0.454 e. The van der Waals surface area contributed by atoms with E-state index in [1.807, 2.05) is 85.1 Å². The van der Waals surface area contributed by atoms with Crippen LogP contribution in [0.4, 0.5) is 0 Å². The average Bonchev–Trinajstić information content (AvgIpc) is 3.74. The Hall–Kier alpha value is -6.26. The lowest BCUT2D eigenvalue weighted by Crippen LogP contribution is -1.98. The molecule has 0 atom stereocenters. The molecule has 0 spiro atoms. The van der Waals surface area contributed by atoms with Gasteiger partial charge in [0.1, 0.15) is 16.9 Å². The molecule has 0 saturated heterocycles. The molecule has 9 aromatic rings. The van der Waals surface area contributed by atoms with Gasteiger partial charge in [0.25, 0.3) is 0 Å². The molecule has 0 saturated carbocycles. The molecular weight excluding hydrogens is 574 g/mol. The SMILES string of the molecule is [2H]C([2H])([2H])c1ccc(-c2ccc(-c3nc4ccccc4n3-c3ccc(-c4ccccc4)cc3)c3oc4cc(-c5ccccc5)cnc4c23)cc1. The molecule has 3 aromatic heterocycles. The Balaban J connectivity index is 1.28. The van der Waals surface area contributed by atoms with Gasteiger partial charge in [-0.1, -0.05) is 121 Å². The van der Waals surface area contributed by atoms with Crippen molar-refractivity contribution in [3.63, 3.8) is 0 Å². The van der Waals surface area contributed by atoms with Crippen LogP contribution >= 0.6 is 0 Å². The Kier molecular flexibility index (Phi) is 5.61. The number of benzene rings is 6. The molecule has 222 valence electrons. The van der Waals surface area contributed by atoms with Gasteiger partial charge in [0, 0.05) is 21.6 Å². The summed E-state index contributed by atoms with van der Waals surface area (Å²) in [6, 6.07) is 50.3. The van der Waals surface area contributed by atoms with Gasteiger partial charge in [-0.15, -0.1) is 0 Å². The molecule has 0 bridgehead atoms. The molecule has 3 heterocycles. The molecule has 0 aliphatic carbocycles. The number of furan rings is 1. The van der Waals surface area contributed by atoms with Crippen molar-refractivity contribution in [1.82, 2.24) is 14.5 Å². The number of para-hydroxylation sites is 2. The minimum Gasteiger partial charge on any atom is -0.454 e. The van der Waals surface area contributed by atoms with E-state index in [4.69, 9.17) is 18.5 Å². The summed E-state index contributed by atoms with van der Waals surface area (Å²) in [6.07, 6.45) is 1.88. The van der Waals surface area contributed by atoms with Crippen molar-refractivity contribution in [3.8, 4) is 50.5 Å². The first kappa shape index (κ1) is 24.0.